The van der Waals surface area contributed by atoms with Gasteiger partial charge in [-0.05, 0) is 25.0 Å². The van der Waals surface area contributed by atoms with Crippen LogP contribution in [0, 0.1) is 0 Å². The fraction of sp³-hybridized carbons (Fsp3) is 0.500. The lowest BCUT2D eigenvalue weighted by atomic mass is 10.2. The van der Waals surface area contributed by atoms with Crippen molar-refractivity contribution in [2.45, 2.75) is 30.4 Å². The SMILES string of the molecule is C[C@H](SC1=Nc2ccccc2CS1)C(=O)N(C)[C@H]1CCS(=O)(=O)C1. The summed E-state index contributed by atoms with van der Waals surface area (Å²) in [6.07, 6.45) is 0.533. The van der Waals surface area contributed by atoms with Crippen LogP contribution in [0.25, 0.3) is 0 Å². The van der Waals surface area contributed by atoms with Gasteiger partial charge in [-0.15, -0.1) is 0 Å². The highest BCUT2D eigenvalue weighted by atomic mass is 32.2. The van der Waals surface area contributed by atoms with Crippen LogP contribution in [-0.4, -0.2) is 53.4 Å². The van der Waals surface area contributed by atoms with Crippen molar-refractivity contribution in [1.29, 1.82) is 0 Å². The molecule has 0 aromatic heterocycles. The number of carbonyl (C=O) groups is 1. The maximum Gasteiger partial charge on any atom is 0.235 e. The highest BCUT2D eigenvalue weighted by Gasteiger charge is 2.34. The first kappa shape index (κ1) is 17.8. The van der Waals surface area contributed by atoms with E-state index in [-0.39, 0.29) is 28.7 Å². The van der Waals surface area contributed by atoms with E-state index in [2.05, 4.69) is 11.1 Å². The summed E-state index contributed by atoms with van der Waals surface area (Å²) in [7, 11) is -1.28. The highest BCUT2D eigenvalue weighted by Crippen LogP contribution is 2.36. The van der Waals surface area contributed by atoms with E-state index in [0.29, 0.717) is 6.42 Å². The number of carbonyl (C=O) groups excluding carboxylic acids is 1. The number of hydrogen-bond donors (Lipinski definition) is 0. The number of nitrogens with zero attached hydrogens (tertiary/aromatic N) is 2. The first-order valence-electron chi connectivity index (χ1n) is 7.79. The van der Waals surface area contributed by atoms with Gasteiger partial charge in [0.25, 0.3) is 0 Å². The summed E-state index contributed by atoms with van der Waals surface area (Å²) >= 11 is 3.09. The molecule has 0 N–H and O–H groups in total. The molecule has 0 aliphatic carbocycles. The largest absolute Gasteiger partial charge is 0.341 e. The standard InChI is InChI=1S/C16H20N2O3S3/c1-11(15(19)18(2)13-7-8-24(20,21)10-13)23-16-17-14-6-4-3-5-12(14)9-22-16/h3-6,11,13H,7-10H2,1-2H3/t11-,13-/m0/s1. The quantitative estimate of drug-likeness (QED) is 0.802. The van der Waals surface area contributed by atoms with Gasteiger partial charge in [0, 0.05) is 18.8 Å². The predicted octanol–water partition coefficient (Wildman–Crippen LogP) is 2.69. The number of aliphatic imine (C=N–C) groups is 1. The van der Waals surface area contributed by atoms with Crippen LogP contribution in [0.2, 0.25) is 0 Å². The Labute approximate surface area is 151 Å². The molecule has 0 bridgehead atoms. The summed E-state index contributed by atoms with van der Waals surface area (Å²) in [5.74, 6) is 1.08. The van der Waals surface area contributed by atoms with Gasteiger partial charge < -0.3 is 4.90 Å². The molecule has 130 valence electrons. The summed E-state index contributed by atoms with van der Waals surface area (Å²) in [6, 6.07) is 7.81. The molecule has 1 amide bonds. The number of thioether (sulfide) groups is 2. The van der Waals surface area contributed by atoms with E-state index >= 15 is 0 Å². The van der Waals surface area contributed by atoms with Crippen LogP contribution in [0.15, 0.2) is 29.3 Å². The second-order valence-corrected chi connectivity index (χ2v) is 10.8. The van der Waals surface area contributed by atoms with Gasteiger partial charge in [0.15, 0.2) is 9.84 Å². The lowest BCUT2D eigenvalue weighted by Gasteiger charge is -2.26. The van der Waals surface area contributed by atoms with Gasteiger partial charge >= 0.3 is 0 Å². The van der Waals surface area contributed by atoms with Crippen molar-refractivity contribution in [1.82, 2.24) is 4.90 Å². The molecule has 0 spiro atoms. The zero-order valence-corrected chi connectivity index (χ0v) is 16.1. The fourth-order valence-corrected chi connectivity index (χ4v) is 6.88. The first-order chi connectivity index (χ1) is 11.4. The van der Waals surface area contributed by atoms with E-state index in [1.807, 2.05) is 25.1 Å². The van der Waals surface area contributed by atoms with Crippen molar-refractivity contribution in [3.05, 3.63) is 29.8 Å². The van der Waals surface area contributed by atoms with Crippen LogP contribution < -0.4 is 0 Å². The van der Waals surface area contributed by atoms with Crippen LogP contribution in [0.4, 0.5) is 5.69 Å². The van der Waals surface area contributed by atoms with Crippen LogP contribution in [-0.2, 0) is 20.4 Å². The van der Waals surface area contributed by atoms with Crippen LogP contribution in [0.1, 0.15) is 18.9 Å². The van der Waals surface area contributed by atoms with Gasteiger partial charge in [0.1, 0.15) is 4.38 Å². The maximum atomic E-state index is 12.6. The molecule has 5 nitrogen and oxygen atoms in total. The smallest absolute Gasteiger partial charge is 0.235 e. The van der Waals surface area contributed by atoms with E-state index in [1.165, 1.54) is 17.3 Å². The summed E-state index contributed by atoms with van der Waals surface area (Å²) in [6.45, 7) is 1.86. The van der Waals surface area contributed by atoms with Gasteiger partial charge in [-0.3, -0.25) is 4.79 Å². The molecule has 0 radical (unpaired) electrons. The van der Waals surface area contributed by atoms with Gasteiger partial charge in [-0.2, -0.15) is 0 Å². The second-order valence-electron chi connectivity index (χ2n) is 6.06. The zero-order valence-electron chi connectivity index (χ0n) is 13.6. The predicted molar refractivity (Wildman–Crippen MR) is 102 cm³/mol. The van der Waals surface area contributed by atoms with Gasteiger partial charge in [-0.1, -0.05) is 41.7 Å². The third kappa shape index (κ3) is 3.97. The van der Waals surface area contributed by atoms with Crippen molar-refractivity contribution in [2.24, 2.45) is 4.99 Å². The van der Waals surface area contributed by atoms with E-state index in [1.54, 1.807) is 23.7 Å². The maximum absolute atomic E-state index is 12.6. The molecule has 2 heterocycles. The highest BCUT2D eigenvalue weighted by molar-refractivity contribution is 8.39. The molecule has 1 saturated heterocycles. The number of hydrogen-bond acceptors (Lipinski definition) is 6. The van der Waals surface area contributed by atoms with E-state index in [4.69, 9.17) is 0 Å². The summed E-state index contributed by atoms with van der Waals surface area (Å²) in [5.41, 5.74) is 2.17. The summed E-state index contributed by atoms with van der Waals surface area (Å²) in [5, 5.41) is -0.283. The number of rotatable bonds is 3. The Balaban J connectivity index is 1.64. The molecule has 24 heavy (non-hydrogen) atoms. The Hall–Kier alpha value is -0.990. The minimum absolute atomic E-state index is 0.0377. The Morgan fingerprint density at radius 1 is 1.42 bits per heavy atom. The molecule has 3 rings (SSSR count). The topological polar surface area (TPSA) is 66.8 Å². The molecule has 1 fully saturated rings. The lowest BCUT2D eigenvalue weighted by Crippen LogP contribution is -2.42. The molecule has 0 saturated carbocycles. The average Bonchev–Trinajstić information content (AvgIpc) is 2.93. The minimum Gasteiger partial charge on any atom is -0.341 e. The van der Waals surface area contributed by atoms with Gasteiger partial charge in [-0.25, -0.2) is 13.4 Å². The number of sulfone groups is 1. The minimum atomic E-state index is -2.99. The molecular formula is C16H20N2O3S3. The average molecular weight is 385 g/mol. The van der Waals surface area contributed by atoms with E-state index in [9.17, 15) is 13.2 Å². The van der Waals surface area contributed by atoms with Crippen LogP contribution in [0.3, 0.4) is 0 Å². The van der Waals surface area contributed by atoms with Crippen molar-refractivity contribution in [3.63, 3.8) is 0 Å². The normalized spacial score (nSPS) is 23.2. The number of benzene rings is 1. The fourth-order valence-electron chi connectivity index (χ4n) is 2.82. The Kier molecular flexibility index (Phi) is 5.27. The number of para-hydroxylation sites is 1. The molecule has 2 aliphatic rings. The molecule has 2 atom stereocenters. The first-order valence-corrected chi connectivity index (χ1v) is 11.5. The van der Waals surface area contributed by atoms with E-state index in [0.717, 1.165) is 15.8 Å². The van der Waals surface area contributed by atoms with Gasteiger partial charge in [0.05, 0.1) is 22.4 Å². The Bertz CT molecular complexity index is 777. The van der Waals surface area contributed by atoms with Crippen LogP contribution in [0.5, 0.6) is 0 Å². The van der Waals surface area contributed by atoms with Crippen molar-refractivity contribution in [3.8, 4) is 0 Å². The van der Waals surface area contributed by atoms with Crippen molar-refractivity contribution < 1.29 is 13.2 Å². The zero-order chi connectivity index (χ0) is 17.3. The van der Waals surface area contributed by atoms with Crippen molar-refractivity contribution in [2.75, 3.05) is 18.6 Å². The number of fused-ring (bicyclic) bond motifs is 1. The monoisotopic (exact) mass is 384 g/mol. The van der Waals surface area contributed by atoms with Gasteiger partial charge in [0.2, 0.25) is 5.91 Å². The third-order valence-corrected chi connectivity index (χ3v) is 8.32. The van der Waals surface area contributed by atoms with Crippen LogP contribution >= 0.6 is 23.5 Å². The summed E-state index contributed by atoms with van der Waals surface area (Å²) < 4.78 is 24.1. The molecule has 0 unspecified atom stereocenters. The number of amides is 1. The molecule has 1 aromatic rings. The lowest BCUT2D eigenvalue weighted by molar-refractivity contribution is -0.130. The second kappa shape index (κ2) is 7.09. The van der Waals surface area contributed by atoms with E-state index < -0.39 is 9.84 Å². The Morgan fingerprint density at radius 3 is 2.88 bits per heavy atom. The molecule has 1 aromatic carbocycles. The van der Waals surface area contributed by atoms with Crippen molar-refractivity contribution >= 4 is 49.3 Å². The molecular weight excluding hydrogens is 364 g/mol. The Morgan fingerprint density at radius 2 is 2.17 bits per heavy atom. The molecule has 2 aliphatic heterocycles. The third-order valence-electron chi connectivity index (χ3n) is 4.28. The molecule has 8 heteroatoms. The summed E-state index contributed by atoms with van der Waals surface area (Å²) in [4.78, 5) is 18.8.